The molecule has 0 spiro atoms. The first-order valence-corrected chi connectivity index (χ1v) is 11.7. The Kier molecular flexibility index (Phi) is 10.3. The van der Waals surface area contributed by atoms with Crippen LogP contribution in [0.5, 0.6) is 5.75 Å². The van der Waals surface area contributed by atoms with Crippen molar-refractivity contribution in [2.45, 2.75) is 55.6 Å². The molecular formula is C24H33ClN2O4S. The predicted octanol–water partition coefficient (Wildman–Crippen LogP) is 6.27. The third-order valence-corrected chi connectivity index (χ3v) is 7.36. The number of hydrogen-bond donors (Lipinski definition) is 1. The Hall–Kier alpha value is -1.83. The molecule has 1 aliphatic rings. The molecule has 0 bridgehead atoms. The molecule has 0 heterocycles. The zero-order valence-corrected chi connectivity index (χ0v) is 20.4. The second-order valence-corrected chi connectivity index (χ2v) is 9.85. The summed E-state index contributed by atoms with van der Waals surface area (Å²) >= 11 is 1.20. The van der Waals surface area contributed by atoms with Gasteiger partial charge >= 0.3 is 5.97 Å². The molecule has 1 N–H and O–H groups in total. The van der Waals surface area contributed by atoms with Crippen molar-refractivity contribution in [3.8, 4) is 5.75 Å². The molecule has 8 heteroatoms. The monoisotopic (exact) mass is 480 g/mol. The molecule has 6 nitrogen and oxygen atoms in total. The van der Waals surface area contributed by atoms with Gasteiger partial charge in [-0.15, -0.1) is 17.3 Å². The van der Waals surface area contributed by atoms with Gasteiger partial charge < -0.3 is 14.7 Å². The number of nitroso groups, excluding NO2 is 1. The fourth-order valence-corrected chi connectivity index (χ4v) is 5.62. The SMILES string of the molecule is COc1ccc2cc([C@H](CCCN(C)CC3(SN=O)CCCCC3)C(=O)O)ccc2c1.Cl. The molecule has 32 heavy (non-hydrogen) atoms. The first-order chi connectivity index (χ1) is 15.0. The Morgan fingerprint density at radius 3 is 2.53 bits per heavy atom. The summed E-state index contributed by atoms with van der Waals surface area (Å²) < 4.78 is 8.33. The molecule has 2 aromatic rings. The number of benzene rings is 2. The van der Waals surface area contributed by atoms with Crippen molar-refractivity contribution in [2.24, 2.45) is 4.58 Å². The quantitative estimate of drug-likeness (QED) is 0.301. The average molecular weight is 481 g/mol. The highest BCUT2D eigenvalue weighted by molar-refractivity contribution is 7.99. The van der Waals surface area contributed by atoms with E-state index in [1.54, 1.807) is 7.11 Å². The maximum Gasteiger partial charge on any atom is 0.310 e. The van der Waals surface area contributed by atoms with Crippen molar-refractivity contribution in [3.63, 3.8) is 0 Å². The van der Waals surface area contributed by atoms with Crippen LogP contribution in [0, 0.1) is 4.91 Å². The van der Waals surface area contributed by atoms with Crippen LogP contribution in [-0.4, -0.2) is 48.0 Å². The highest BCUT2D eigenvalue weighted by Crippen LogP contribution is 2.41. The summed E-state index contributed by atoms with van der Waals surface area (Å²) in [6, 6.07) is 11.7. The molecule has 0 radical (unpaired) electrons. The lowest BCUT2D eigenvalue weighted by Gasteiger charge is -2.37. The van der Waals surface area contributed by atoms with E-state index in [4.69, 9.17) is 4.74 Å². The number of ether oxygens (including phenoxy) is 1. The molecule has 1 saturated carbocycles. The van der Waals surface area contributed by atoms with Crippen LogP contribution >= 0.6 is 24.4 Å². The van der Waals surface area contributed by atoms with E-state index in [1.807, 2.05) is 36.4 Å². The van der Waals surface area contributed by atoms with Gasteiger partial charge in [-0.05, 0) is 67.7 Å². The minimum absolute atomic E-state index is 0. The fourth-order valence-electron chi connectivity index (χ4n) is 4.71. The van der Waals surface area contributed by atoms with Gasteiger partial charge in [0.25, 0.3) is 0 Å². The molecule has 0 aromatic heterocycles. The molecule has 1 atom stereocenters. The summed E-state index contributed by atoms with van der Waals surface area (Å²) in [4.78, 5) is 25.2. The van der Waals surface area contributed by atoms with E-state index in [-0.39, 0.29) is 17.2 Å². The Balaban J connectivity index is 0.00000363. The van der Waals surface area contributed by atoms with Crippen LogP contribution in [0.15, 0.2) is 41.0 Å². The zero-order valence-electron chi connectivity index (χ0n) is 18.8. The van der Waals surface area contributed by atoms with Crippen molar-refractivity contribution in [3.05, 3.63) is 46.9 Å². The zero-order chi connectivity index (χ0) is 22.3. The Morgan fingerprint density at radius 1 is 1.19 bits per heavy atom. The van der Waals surface area contributed by atoms with E-state index in [2.05, 4.69) is 16.5 Å². The fraction of sp³-hybridized carbons (Fsp3) is 0.542. The highest BCUT2D eigenvalue weighted by Gasteiger charge is 2.35. The molecule has 1 aliphatic carbocycles. The molecule has 176 valence electrons. The van der Waals surface area contributed by atoms with Crippen LogP contribution < -0.4 is 4.74 Å². The molecule has 0 saturated heterocycles. The highest BCUT2D eigenvalue weighted by atomic mass is 35.5. The van der Waals surface area contributed by atoms with Gasteiger partial charge in [0, 0.05) is 23.1 Å². The Morgan fingerprint density at radius 2 is 1.88 bits per heavy atom. The van der Waals surface area contributed by atoms with Crippen molar-refractivity contribution < 1.29 is 14.6 Å². The summed E-state index contributed by atoms with van der Waals surface area (Å²) in [7, 11) is 3.69. The molecular weight excluding hydrogens is 448 g/mol. The second-order valence-electron chi connectivity index (χ2n) is 8.65. The third-order valence-electron chi connectivity index (χ3n) is 6.36. The van der Waals surface area contributed by atoms with Gasteiger partial charge in [0.2, 0.25) is 0 Å². The van der Waals surface area contributed by atoms with Crippen molar-refractivity contribution in [1.29, 1.82) is 0 Å². The molecule has 2 aromatic carbocycles. The van der Waals surface area contributed by atoms with Gasteiger partial charge in [-0.25, -0.2) is 0 Å². The van der Waals surface area contributed by atoms with Crippen molar-refractivity contribution >= 4 is 41.1 Å². The van der Waals surface area contributed by atoms with Crippen LogP contribution in [0.4, 0.5) is 0 Å². The number of aliphatic carboxylic acids is 1. The molecule has 1 fully saturated rings. The van der Waals surface area contributed by atoms with Crippen LogP contribution in [0.3, 0.4) is 0 Å². The second kappa shape index (κ2) is 12.4. The van der Waals surface area contributed by atoms with E-state index in [1.165, 1.54) is 18.4 Å². The predicted molar refractivity (Wildman–Crippen MR) is 134 cm³/mol. The minimum atomic E-state index is -0.792. The number of nitrogens with zero attached hydrogens (tertiary/aromatic N) is 2. The largest absolute Gasteiger partial charge is 0.497 e. The number of hydrogen-bond acceptors (Lipinski definition) is 6. The maximum atomic E-state index is 12.0. The molecule has 3 rings (SSSR count). The van der Waals surface area contributed by atoms with E-state index in [0.717, 1.165) is 67.3 Å². The van der Waals surface area contributed by atoms with Gasteiger partial charge in [-0.2, -0.15) is 0 Å². The molecule has 0 aliphatic heterocycles. The van der Waals surface area contributed by atoms with E-state index < -0.39 is 11.9 Å². The molecule has 0 amide bonds. The van der Waals surface area contributed by atoms with Crippen LogP contribution in [-0.2, 0) is 4.79 Å². The van der Waals surface area contributed by atoms with Gasteiger partial charge in [0.1, 0.15) is 5.75 Å². The lowest BCUT2D eigenvalue weighted by atomic mass is 9.87. The number of carboxylic acid groups (broad SMARTS) is 1. The normalized spacial score (nSPS) is 16.3. The number of rotatable bonds is 11. The maximum absolute atomic E-state index is 12.0. The van der Waals surface area contributed by atoms with Crippen LogP contribution in [0.2, 0.25) is 0 Å². The van der Waals surface area contributed by atoms with Crippen LogP contribution in [0.1, 0.15) is 56.4 Å². The third kappa shape index (κ3) is 6.83. The first-order valence-electron chi connectivity index (χ1n) is 11.0. The number of carbonyl (C=O) groups is 1. The van der Waals surface area contributed by atoms with Gasteiger partial charge in [-0.3, -0.25) is 4.79 Å². The van der Waals surface area contributed by atoms with E-state index >= 15 is 0 Å². The standard InChI is InChI=1S/C24H32N2O4S.ClH/c1-26(17-24(31-25-29)12-4-3-5-13-24)14-6-7-22(23(27)28)20-9-8-19-16-21(30-2)11-10-18(19)15-20;/h8-11,15-16,22H,3-7,12-14,17H2,1-2H3,(H,27,28);1H/t22-;/m0./s1. The number of methoxy groups -OCH3 is 1. The summed E-state index contributed by atoms with van der Waals surface area (Å²) in [5.41, 5.74) is 0.831. The number of carboxylic acids is 1. The topological polar surface area (TPSA) is 79.2 Å². The van der Waals surface area contributed by atoms with Crippen LogP contribution in [0.25, 0.3) is 10.8 Å². The van der Waals surface area contributed by atoms with E-state index in [0.29, 0.717) is 6.42 Å². The summed E-state index contributed by atoms with van der Waals surface area (Å²) in [6.07, 6.45) is 6.91. The lowest BCUT2D eigenvalue weighted by molar-refractivity contribution is -0.139. The van der Waals surface area contributed by atoms with E-state index in [9.17, 15) is 14.8 Å². The first kappa shape index (κ1) is 26.4. The summed E-state index contributed by atoms with van der Waals surface area (Å²) in [5.74, 6) is -0.536. The summed E-state index contributed by atoms with van der Waals surface area (Å²) in [6.45, 7) is 1.62. The van der Waals surface area contributed by atoms with Gasteiger partial charge in [0.05, 0.1) is 17.8 Å². The van der Waals surface area contributed by atoms with Crippen molar-refractivity contribution in [2.75, 3.05) is 27.2 Å². The Bertz CT molecular complexity index is 905. The average Bonchev–Trinajstić information content (AvgIpc) is 2.76. The summed E-state index contributed by atoms with van der Waals surface area (Å²) in [5, 5.41) is 11.9. The smallest absolute Gasteiger partial charge is 0.310 e. The lowest BCUT2D eigenvalue weighted by Crippen LogP contribution is -2.40. The van der Waals surface area contributed by atoms with Gasteiger partial charge in [0.15, 0.2) is 0 Å². The number of halogens is 1. The molecule has 0 unspecified atom stereocenters. The Labute approximate surface area is 200 Å². The minimum Gasteiger partial charge on any atom is -0.497 e. The van der Waals surface area contributed by atoms with Crippen molar-refractivity contribution in [1.82, 2.24) is 4.90 Å². The number of fused-ring (bicyclic) bond motifs is 1. The van der Waals surface area contributed by atoms with Gasteiger partial charge in [-0.1, -0.05) is 43.5 Å².